The number of nitrogens with two attached hydrogens (primary N) is 1. The van der Waals surface area contributed by atoms with Gasteiger partial charge in [0.2, 0.25) is 0 Å². The Labute approximate surface area is 73.0 Å². The number of anilines is 1. The van der Waals surface area contributed by atoms with Gasteiger partial charge in [-0.15, -0.1) is 0 Å². The van der Waals surface area contributed by atoms with Gasteiger partial charge in [-0.2, -0.15) is 0 Å². The van der Waals surface area contributed by atoms with Crippen molar-refractivity contribution in [1.82, 2.24) is 4.98 Å². The minimum atomic E-state index is -0.911. The second-order valence-corrected chi connectivity index (χ2v) is 3.88. The minimum absolute atomic E-state index is 0.315. The number of nitrogens with zero attached hydrogens (tertiary/aromatic N) is 1. The third-order valence-corrected chi connectivity index (χ3v) is 2.72. The summed E-state index contributed by atoms with van der Waals surface area (Å²) in [5, 5.41) is 9.13. The first-order valence-corrected chi connectivity index (χ1v) is 4.49. The van der Waals surface area contributed by atoms with E-state index in [1.807, 2.05) is 0 Å². The highest BCUT2D eigenvalue weighted by molar-refractivity contribution is 7.17. The number of aromatic nitrogens is 1. The summed E-state index contributed by atoms with van der Waals surface area (Å²) in [6.45, 7) is 0. The van der Waals surface area contributed by atoms with E-state index in [1.165, 1.54) is 0 Å². The summed E-state index contributed by atoms with van der Waals surface area (Å²) in [4.78, 5) is 15.0. The van der Waals surface area contributed by atoms with Crippen molar-refractivity contribution in [2.75, 3.05) is 5.73 Å². The third kappa shape index (κ3) is 1.16. The Hall–Kier alpha value is -1.10. The van der Waals surface area contributed by atoms with E-state index in [4.69, 9.17) is 10.8 Å². The summed E-state index contributed by atoms with van der Waals surface area (Å²) in [7, 11) is 0. The Morgan fingerprint density at radius 2 is 2.33 bits per heavy atom. The maximum Gasteiger partial charge on any atom is 0.347 e. The van der Waals surface area contributed by atoms with Crippen LogP contribution < -0.4 is 5.73 Å². The molecule has 0 amide bonds. The molecule has 0 aromatic carbocycles. The van der Waals surface area contributed by atoms with Gasteiger partial charge in [0.25, 0.3) is 0 Å². The molecular weight excluding hydrogens is 176 g/mol. The molecule has 0 atom stereocenters. The van der Waals surface area contributed by atoms with Crippen LogP contribution in [-0.4, -0.2) is 16.1 Å². The molecule has 1 aliphatic rings. The van der Waals surface area contributed by atoms with Crippen molar-refractivity contribution < 1.29 is 9.90 Å². The molecule has 12 heavy (non-hydrogen) atoms. The Kier molecular flexibility index (Phi) is 1.54. The van der Waals surface area contributed by atoms with E-state index in [0.717, 1.165) is 24.2 Å². The van der Waals surface area contributed by atoms with E-state index >= 15 is 0 Å². The third-order valence-electron chi connectivity index (χ3n) is 1.83. The van der Waals surface area contributed by atoms with Crippen LogP contribution >= 0.6 is 11.3 Å². The van der Waals surface area contributed by atoms with Crippen LogP contribution in [0.25, 0.3) is 0 Å². The lowest BCUT2D eigenvalue weighted by molar-refractivity contribution is 0.0700. The number of rotatable bonds is 2. The highest BCUT2D eigenvalue weighted by atomic mass is 32.1. The lowest BCUT2D eigenvalue weighted by Gasteiger charge is -1.91. The smallest absolute Gasteiger partial charge is 0.347 e. The van der Waals surface area contributed by atoms with Gasteiger partial charge in [0.15, 0.2) is 5.13 Å². The van der Waals surface area contributed by atoms with Gasteiger partial charge in [0, 0.05) is 5.92 Å². The number of carboxylic acid groups (broad SMARTS) is 1. The molecule has 4 nitrogen and oxygen atoms in total. The van der Waals surface area contributed by atoms with Crippen LogP contribution in [0.1, 0.15) is 34.1 Å². The highest BCUT2D eigenvalue weighted by Crippen LogP contribution is 2.43. The first-order valence-electron chi connectivity index (χ1n) is 3.68. The molecule has 1 aliphatic carbocycles. The topological polar surface area (TPSA) is 76.2 Å². The number of thiazole rings is 1. The maximum atomic E-state index is 10.7. The van der Waals surface area contributed by atoms with Gasteiger partial charge in [-0.05, 0) is 12.8 Å². The van der Waals surface area contributed by atoms with Crippen molar-refractivity contribution in [1.29, 1.82) is 0 Å². The zero-order valence-corrected chi connectivity index (χ0v) is 7.10. The van der Waals surface area contributed by atoms with Crippen LogP contribution in [0.3, 0.4) is 0 Å². The SMILES string of the molecule is Nc1nc(C2CC2)c(C(=O)O)s1. The number of hydrogen-bond acceptors (Lipinski definition) is 4. The molecule has 1 fully saturated rings. The van der Waals surface area contributed by atoms with E-state index in [9.17, 15) is 4.79 Å². The van der Waals surface area contributed by atoms with Gasteiger partial charge in [0.1, 0.15) is 4.88 Å². The molecule has 5 heteroatoms. The molecule has 1 heterocycles. The molecule has 0 unspecified atom stereocenters. The molecule has 0 spiro atoms. The van der Waals surface area contributed by atoms with Crippen LogP contribution in [-0.2, 0) is 0 Å². The molecule has 1 aromatic rings. The Balaban J connectivity index is 2.43. The normalized spacial score (nSPS) is 16.3. The Morgan fingerprint density at radius 3 is 2.83 bits per heavy atom. The lowest BCUT2D eigenvalue weighted by Crippen LogP contribution is -1.97. The zero-order chi connectivity index (χ0) is 8.72. The first-order chi connectivity index (χ1) is 5.68. The summed E-state index contributed by atoms with van der Waals surface area (Å²) in [6.07, 6.45) is 2.09. The molecule has 3 N–H and O–H groups in total. The summed E-state index contributed by atoms with van der Waals surface area (Å²) in [6, 6.07) is 0. The van der Waals surface area contributed by atoms with E-state index < -0.39 is 5.97 Å². The average Bonchev–Trinajstić information content (AvgIpc) is 2.75. The lowest BCUT2D eigenvalue weighted by atomic mass is 10.2. The van der Waals surface area contributed by atoms with Crippen LogP contribution in [0, 0.1) is 0 Å². The molecule has 2 rings (SSSR count). The van der Waals surface area contributed by atoms with E-state index in [-0.39, 0.29) is 0 Å². The van der Waals surface area contributed by atoms with Crippen molar-refractivity contribution in [3.63, 3.8) is 0 Å². The van der Waals surface area contributed by atoms with E-state index in [2.05, 4.69) is 4.98 Å². The number of hydrogen-bond donors (Lipinski definition) is 2. The van der Waals surface area contributed by atoms with E-state index in [0.29, 0.717) is 21.6 Å². The van der Waals surface area contributed by atoms with Gasteiger partial charge < -0.3 is 10.8 Å². The molecule has 1 saturated carbocycles. The first kappa shape index (κ1) is 7.54. The molecule has 0 saturated heterocycles. The predicted molar refractivity (Wildman–Crippen MR) is 45.5 cm³/mol. The summed E-state index contributed by atoms with van der Waals surface area (Å²) < 4.78 is 0. The Morgan fingerprint density at radius 1 is 1.67 bits per heavy atom. The van der Waals surface area contributed by atoms with Crippen molar-refractivity contribution in [3.8, 4) is 0 Å². The predicted octanol–water partition coefficient (Wildman–Crippen LogP) is 1.30. The fourth-order valence-corrected chi connectivity index (χ4v) is 1.89. The van der Waals surface area contributed by atoms with Crippen LogP contribution in [0.15, 0.2) is 0 Å². The van der Waals surface area contributed by atoms with Crippen molar-refractivity contribution in [3.05, 3.63) is 10.6 Å². The molecule has 0 aliphatic heterocycles. The van der Waals surface area contributed by atoms with E-state index in [1.54, 1.807) is 0 Å². The quantitative estimate of drug-likeness (QED) is 0.726. The van der Waals surface area contributed by atoms with Gasteiger partial charge in [0.05, 0.1) is 5.69 Å². The van der Waals surface area contributed by atoms with Crippen LogP contribution in [0.4, 0.5) is 5.13 Å². The highest BCUT2D eigenvalue weighted by Gasteiger charge is 2.31. The van der Waals surface area contributed by atoms with Crippen molar-refractivity contribution in [2.45, 2.75) is 18.8 Å². The molecular formula is C7H8N2O2S. The zero-order valence-electron chi connectivity index (χ0n) is 6.28. The van der Waals surface area contributed by atoms with Gasteiger partial charge in [-0.25, -0.2) is 9.78 Å². The fourth-order valence-electron chi connectivity index (χ4n) is 1.14. The van der Waals surface area contributed by atoms with Gasteiger partial charge in [-0.3, -0.25) is 0 Å². The molecule has 0 bridgehead atoms. The minimum Gasteiger partial charge on any atom is -0.477 e. The maximum absolute atomic E-state index is 10.7. The average molecular weight is 184 g/mol. The van der Waals surface area contributed by atoms with Crippen LogP contribution in [0.2, 0.25) is 0 Å². The monoisotopic (exact) mass is 184 g/mol. The number of carboxylic acids is 1. The second kappa shape index (κ2) is 2.45. The number of aromatic carboxylic acids is 1. The van der Waals surface area contributed by atoms with Crippen LogP contribution in [0.5, 0.6) is 0 Å². The number of nitrogen functional groups attached to an aromatic ring is 1. The largest absolute Gasteiger partial charge is 0.477 e. The van der Waals surface area contributed by atoms with Gasteiger partial charge in [-0.1, -0.05) is 11.3 Å². The standard InChI is InChI=1S/C7H8N2O2S/c8-7-9-4(3-1-2-3)5(12-7)6(10)11/h3H,1-2H2,(H2,8,9)(H,10,11). The number of carbonyl (C=O) groups is 1. The molecule has 64 valence electrons. The fraction of sp³-hybridized carbons (Fsp3) is 0.429. The second-order valence-electron chi connectivity index (χ2n) is 2.85. The Bertz CT molecular complexity index is 330. The molecule has 0 radical (unpaired) electrons. The summed E-state index contributed by atoms with van der Waals surface area (Å²) in [5.74, 6) is -0.559. The molecule has 1 aromatic heterocycles. The van der Waals surface area contributed by atoms with Crippen molar-refractivity contribution >= 4 is 22.4 Å². The summed E-state index contributed by atoms with van der Waals surface area (Å²) >= 11 is 1.06. The summed E-state index contributed by atoms with van der Waals surface area (Å²) in [5.41, 5.74) is 6.11. The van der Waals surface area contributed by atoms with Crippen molar-refractivity contribution in [2.24, 2.45) is 0 Å². The van der Waals surface area contributed by atoms with Gasteiger partial charge >= 0.3 is 5.97 Å².